The molecule has 8 heteroatoms. The maximum Gasteiger partial charge on any atom is 0.234 e. The van der Waals surface area contributed by atoms with Crippen molar-refractivity contribution >= 4 is 39.8 Å². The van der Waals surface area contributed by atoms with E-state index in [1.54, 1.807) is 0 Å². The lowest BCUT2D eigenvalue weighted by molar-refractivity contribution is -0.113. The molecule has 1 saturated heterocycles. The van der Waals surface area contributed by atoms with Crippen LogP contribution in [0.3, 0.4) is 0 Å². The second-order valence-corrected chi connectivity index (χ2v) is 7.29. The predicted octanol–water partition coefficient (Wildman–Crippen LogP) is 2.86. The van der Waals surface area contributed by atoms with Gasteiger partial charge in [0.2, 0.25) is 11.0 Å². The van der Waals surface area contributed by atoms with Crippen LogP contribution in [-0.4, -0.2) is 41.1 Å². The maximum absolute atomic E-state index is 11.9. The van der Waals surface area contributed by atoms with Gasteiger partial charge < -0.3 is 15.4 Å². The van der Waals surface area contributed by atoms with Crippen molar-refractivity contribution in [3.05, 3.63) is 30.3 Å². The molecule has 1 amide bonds. The van der Waals surface area contributed by atoms with Crippen LogP contribution in [0.2, 0.25) is 0 Å². The molecule has 122 valence electrons. The summed E-state index contributed by atoms with van der Waals surface area (Å²) in [5.41, 5.74) is 0.800. The molecule has 2 aromatic rings. The predicted molar refractivity (Wildman–Crippen MR) is 93.2 cm³/mol. The first-order chi connectivity index (χ1) is 11.3. The largest absolute Gasteiger partial charge is 0.376 e. The molecule has 1 fully saturated rings. The monoisotopic (exact) mass is 350 g/mol. The number of ether oxygens (including phenoxy) is 1. The van der Waals surface area contributed by atoms with Gasteiger partial charge in [-0.05, 0) is 25.0 Å². The molecule has 1 atom stereocenters. The number of carbonyl (C=O) groups excluding carboxylic acids is 1. The smallest absolute Gasteiger partial charge is 0.234 e. The molecule has 2 N–H and O–H groups in total. The molecule has 0 radical (unpaired) electrons. The number of carbonyl (C=O) groups is 1. The summed E-state index contributed by atoms with van der Waals surface area (Å²) in [5.74, 6) is 0.264. The Morgan fingerprint density at radius 3 is 3.00 bits per heavy atom. The number of benzene rings is 1. The van der Waals surface area contributed by atoms with Gasteiger partial charge in [-0.1, -0.05) is 41.3 Å². The van der Waals surface area contributed by atoms with Gasteiger partial charge in [0.15, 0.2) is 4.34 Å². The molecule has 1 aliphatic heterocycles. The summed E-state index contributed by atoms with van der Waals surface area (Å²) >= 11 is 2.85. The molecule has 0 aliphatic carbocycles. The van der Waals surface area contributed by atoms with Crippen molar-refractivity contribution in [3.8, 4) is 0 Å². The topological polar surface area (TPSA) is 76.1 Å². The summed E-state index contributed by atoms with van der Waals surface area (Å²) in [6, 6.07) is 9.41. The van der Waals surface area contributed by atoms with Crippen LogP contribution in [0.25, 0.3) is 0 Å². The Bertz CT molecular complexity index is 629. The molecule has 23 heavy (non-hydrogen) atoms. The molecule has 0 spiro atoms. The number of hydrogen-bond donors (Lipinski definition) is 2. The molecule has 0 bridgehead atoms. The van der Waals surface area contributed by atoms with Gasteiger partial charge in [0.05, 0.1) is 11.9 Å². The molecular formula is C15H18N4O2S2. The lowest BCUT2D eigenvalue weighted by atomic mass is 10.2. The summed E-state index contributed by atoms with van der Waals surface area (Å²) in [5, 5.41) is 15.0. The quantitative estimate of drug-likeness (QED) is 0.748. The molecule has 3 rings (SSSR count). The van der Waals surface area contributed by atoms with Crippen LogP contribution in [0.15, 0.2) is 34.7 Å². The third-order valence-electron chi connectivity index (χ3n) is 3.30. The van der Waals surface area contributed by atoms with E-state index < -0.39 is 0 Å². The first-order valence-corrected chi connectivity index (χ1v) is 9.26. The lowest BCUT2D eigenvalue weighted by Gasteiger charge is -2.08. The fraction of sp³-hybridized carbons (Fsp3) is 0.400. The first kappa shape index (κ1) is 16.2. The van der Waals surface area contributed by atoms with Crippen LogP contribution in [0.5, 0.6) is 0 Å². The van der Waals surface area contributed by atoms with Crippen molar-refractivity contribution in [2.75, 3.05) is 29.5 Å². The Balaban J connectivity index is 1.40. The Labute approximate surface area is 143 Å². The Morgan fingerprint density at radius 2 is 2.22 bits per heavy atom. The summed E-state index contributed by atoms with van der Waals surface area (Å²) in [6.45, 7) is 1.61. The maximum atomic E-state index is 11.9. The van der Waals surface area contributed by atoms with Crippen LogP contribution in [0, 0.1) is 0 Å². The number of nitrogens with zero attached hydrogens (tertiary/aromatic N) is 2. The average Bonchev–Trinajstić information content (AvgIpc) is 3.24. The number of amides is 1. The minimum Gasteiger partial charge on any atom is -0.376 e. The summed E-state index contributed by atoms with van der Waals surface area (Å²) in [7, 11) is 0. The van der Waals surface area contributed by atoms with Gasteiger partial charge in [-0.2, -0.15) is 0 Å². The summed E-state index contributed by atoms with van der Waals surface area (Å²) < 4.78 is 6.33. The van der Waals surface area contributed by atoms with E-state index in [1.165, 1.54) is 23.1 Å². The number of para-hydroxylation sites is 1. The second-order valence-electron chi connectivity index (χ2n) is 5.09. The zero-order chi connectivity index (χ0) is 15.9. The molecular weight excluding hydrogens is 332 g/mol. The third kappa shape index (κ3) is 5.19. The zero-order valence-electron chi connectivity index (χ0n) is 12.5. The molecule has 2 heterocycles. The lowest BCUT2D eigenvalue weighted by Crippen LogP contribution is -2.18. The summed E-state index contributed by atoms with van der Waals surface area (Å²) in [6.07, 6.45) is 2.49. The Hall–Kier alpha value is -1.64. The number of rotatable bonds is 7. The normalized spacial score (nSPS) is 17.1. The van der Waals surface area contributed by atoms with E-state index in [-0.39, 0.29) is 12.0 Å². The van der Waals surface area contributed by atoms with E-state index in [0.29, 0.717) is 5.75 Å². The molecule has 1 aromatic heterocycles. The number of hydrogen-bond acceptors (Lipinski definition) is 7. The van der Waals surface area contributed by atoms with E-state index in [4.69, 9.17) is 4.74 Å². The van der Waals surface area contributed by atoms with Gasteiger partial charge in [-0.15, -0.1) is 10.2 Å². The van der Waals surface area contributed by atoms with E-state index in [2.05, 4.69) is 20.8 Å². The standard InChI is InChI=1S/C15H18N4O2S2/c20-13(17-11-5-2-1-3-6-11)10-22-15-19-18-14(23-15)16-9-12-7-4-8-21-12/h1-3,5-6,12H,4,7-10H2,(H,16,18)(H,17,20). The number of anilines is 2. The van der Waals surface area contributed by atoms with Crippen molar-refractivity contribution < 1.29 is 9.53 Å². The molecule has 1 unspecified atom stereocenters. The Kier molecular flexibility index (Phi) is 5.84. The molecule has 1 aromatic carbocycles. The van der Waals surface area contributed by atoms with Crippen molar-refractivity contribution in [3.63, 3.8) is 0 Å². The van der Waals surface area contributed by atoms with Crippen molar-refractivity contribution in [2.45, 2.75) is 23.3 Å². The molecule has 6 nitrogen and oxygen atoms in total. The van der Waals surface area contributed by atoms with Gasteiger partial charge in [-0.3, -0.25) is 4.79 Å². The highest BCUT2D eigenvalue weighted by atomic mass is 32.2. The number of thioether (sulfide) groups is 1. The minimum atomic E-state index is -0.0507. The third-order valence-corrected chi connectivity index (χ3v) is 5.31. The highest BCUT2D eigenvalue weighted by molar-refractivity contribution is 8.01. The number of aromatic nitrogens is 2. The average molecular weight is 350 g/mol. The zero-order valence-corrected chi connectivity index (χ0v) is 14.2. The highest BCUT2D eigenvalue weighted by Gasteiger charge is 2.16. The van der Waals surface area contributed by atoms with Gasteiger partial charge in [0.25, 0.3) is 0 Å². The van der Waals surface area contributed by atoms with Crippen LogP contribution in [0.4, 0.5) is 10.8 Å². The Morgan fingerprint density at radius 1 is 1.35 bits per heavy atom. The van der Waals surface area contributed by atoms with E-state index in [1.807, 2.05) is 30.3 Å². The van der Waals surface area contributed by atoms with Crippen LogP contribution in [-0.2, 0) is 9.53 Å². The molecule has 0 saturated carbocycles. The van der Waals surface area contributed by atoms with Crippen LogP contribution >= 0.6 is 23.1 Å². The molecule has 1 aliphatic rings. The van der Waals surface area contributed by atoms with E-state index in [9.17, 15) is 4.79 Å². The van der Waals surface area contributed by atoms with Crippen molar-refractivity contribution in [1.29, 1.82) is 0 Å². The SMILES string of the molecule is O=C(CSc1nnc(NCC2CCCO2)s1)Nc1ccccc1. The van der Waals surface area contributed by atoms with E-state index in [0.717, 1.165) is 41.2 Å². The minimum absolute atomic E-state index is 0.0507. The fourth-order valence-electron chi connectivity index (χ4n) is 2.19. The van der Waals surface area contributed by atoms with Gasteiger partial charge in [0.1, 0.15) is 0 Å². The first-order valence-electron chi connectivity index (χ1n) is 7.46. The highest BCUT2D eigenvalue weighted by Crippen LogP contribution is 2.26. The summed E-state index contributed by atoms with van der Waals surface area (Å²) in [4.78, 5) is 11.9. The fourth-order valence-corrected chi connectivity index (χ4v) is 3.75. The number of nitrogens with one attached hydrogen (secondary N) is 2. The second kappa shape index (κ2) is 8.28. The van der Waals surface area contributed by atoms with Crippen LogP contribution in [0.1, 0.15) is 12.8 Å². The van der Waals surface area contributed by atoms with Crippen molar-refractivity contribution in [1.82, 2.24) is 10.2 Å². The van der Waals surface area contributed by atoms with Crippen molar-refractivity contribution in [2.24, 2.45) is 0 Å². The van der Waals surface area contributed by atoms with Gasteiger partial charge in [-0.25, -0.2) is 0 Å². The van der Waals surface area contributed by atoms with Gasteiger partial charge >= 0.3 is 0 Å². The van der Waals surface area contributed by atoms with E-state index >= 15 is 0 Å². The van der Waals surface area contributed by atoms with Crippen LogP contribution < -0.4 is 10.6 Å². The van der Waals surface area contributed by atoms with Gasteiger partial charge in [0, 0.05) is 18.8 Å².